The van der Waals surface area contributed by atoms with Gasteiger partial charge in [0.05, 0.1) is 12.0 Å². The summed E-state index contributed by atoms with van der Waals surface area (Å²) in [6, 6.07) is 3.32. The zero-order chi connectivity index (χ0) is 17.7. The molecule has 0 spiro atoms. The number of carbonyl (C=O) groups excluding carboxylic acids is 1. The van der Waals surface area contributed by atoms with Crippen molar-refractivity contribution in [3.8, 4) is 0 Å². The molecule has 0 aliphatic carbocycles. The van der Waals surface area contributed by atoms with E-state index in [1.165, 1.54) is 24.9 Å². The van der Waals surface area contributed by atoms with Gasteiger partial charge in [0.15, 0.2) is 0 Å². The lowest BCUT2D eigenvalue weighted by Crippen LogP contribution is -2.43. The van der Waals surface area contributed by atoms with Crippen LogP contribution in [-0.4, -0.2) is 35.6 Å². The summed E-state index contributed by atoms with van der Waals surface area (Å²) in [6.07, 6.45) is 0. The average Bonchev–Trinajstić information content (AvgIpc) is 2.44. The molecule has 0 heterocycles. The van der Waals surface area contributed by atoms with Crippen molar-refractivity contribution < 1.29 is 19.1 Å². The van der Waals surface area contributed by atoms with Crippen LogP contribution in [0.25, 0.3) is 0 Å². The van der Waals surface area contributed by atoms with Gasteiger partial charge in [-0.2, -0.15) is 0 Å². The third kappa shape index (κ3) is 5.39. The van der Waals surface area contributed by atoms with E-state index in [4.69, 9.17) is 16.7 Å². The highest BCUT2D eigenvalue weighted by molar-refractivity contribution is 6.30. The second-order valence-electron chi connectivity index (χ2n) is 5.96. The van der Waals surface area contributed by atoms with Gasteiger partial charge >= 0.3 is 12.0 Å². The van der Waals surface area contributed by atoms with Crippen LogP contribution in [0.1, 0.15) is 32.4 Å². The molecule has 5 nitrogen and oxygen atoms in total. The molecule has 0 fully saturated rings. The van der Waals surface area contributed by atoms with E-state index < -0.39 is 29.8 Å². The number of halogens is 2. The molecule has 128 valence electrons. The SMILES string of the molecule is CC(CN(C)C(=O)NC(c1ccc(Cl)cc1F)C(C)C)C(=O)O. The average molecular weight is 345 g/mol. The second-order valence-corrected chi connectivity index (χ2v) is 6.39. The number of amides is 2. The van der Waals surface area contributed by atoms with E-state index in [9.17, 15) is 14.0 Å². The van der Waals surface area contributed by atoms with Gasteiger partial charge in [-0.3, -0.25) is 4.79 Å². The van der Waals surface area contributed by atoms with Crippen LogP contribution in [0.4, 0.5) is 9.18 Å². The molecule has 23 heavy (non-hydrogen) atoms. The van der Waals surface area contributed by atoms with Crippen molar-refractivity contribution in [1.82, 2.24) is 10.2 Å². The van der Waals surface area contributed by atoms with Crippen LogP contribution in [0.5, 0.6) is 0 Å². The number of hydrogen-bond acceptors (Lipinski definition) is 2. The smallest absolute Gasteiger partial charge is 0.317 e. The number of benzene rings is 1. The number of carboxylic acids is 1. The molecule has 2 N–H and O–H groups in total. The van der Waals surface area contributed by atoms with E-state index >= 15 is 0 Å². The van der Waals surface area contributed by atoms with Crippen LogP contribution >= 0.6 is 11.6 Å². The minimum absolute atomic E-state index is 0.0556. The van der Waals surface area contributed by atoms with Crippen molar-refractivity contribution in [1.29, 1.82) is 0 Å². The van der Waals surface area contributed by atoms with Gasteiger partial charge in [0.25, 0.3) is 0 Å². The van der Waals surface area contributed by atoms with Gasteiger partial charge in [-0.1, -0.05) is 38.4 Å². The normalized spacial score (nSPS) is 13.5. The lowest BCUT2D eigenvalue weighted by atomic mass is 9.95. The predicted octanol–water partition coefficient (Wildman–Crippen LogP) is 3.54. The number of carboxylic acid groups (broad SMARTS) is 1. The maximum absolute atomic E-state index is 14.1. The Hall–Kier alpha value is -1.82. The summed E-state index contributed by atoms with van der Waals surface area (Å²) in [7, 11) is 1.50. The van der Waals surface area contributed by atoms with E-state index in [1.807, 2.05) is 13.8 Å². The topological polar surface area (TPSA) is 69.6 Å². The van der Waals surface area contributed by atoms with E-state index in [1.54, 1.807) is 12.1 Å². The zero-order valence-electron chi connectivity index (χ0n) is 13.6. The zero-order valence-corrected chi connectivity index (χ0v) is 14.4. The molecular formula is C16H22ClFN2O3. The third-order valence-corrected chi connectivity index (χ3v) is 3.79. The third-order valence-electron chi connectivity index (χ3n) is 3.56. The fraction of sp³-hybridized carbons (Fsp3) is 0.500. The Morgan fingerprint density at radius 3 is 2.43 bits per heavy atom. The Balaban J connectivity index is 2.87. The van der Waals surface area contributed by atoms with Crippen molar-refractivity contribution in [3.05, 3.63) is 34.6 Å². The summed E-state index contributed by atoms with van der Waals surface area (Å²) in [4.78, 5) is 24.4. The highest BCUT2D eigenvalue weighted by atomic mass is 35.5. The summed E-state index contributed by atoms with van der Waals surface area (Å²) < 4.78 is 14.1. The lowest BCUT2D eigenvalue weighted by molar-refractivity contribution is -0.141. The molecule has 1 rings (SSSR count). The van der Waals surface area contributed by atoms with E-state index in [0.717, 1.165) is 0 Å². The number of nitrogens with one attached hydrogen (secondary N) is 1. The van der Waals surface area contributed by atoms with Crippen LogP contribution in [0, 0.1) is 17.7 Å². The van der Waals surface area contributed by atoms with E-state index in [2.05, 4.69) is 5.32 Å². The first kappa shape index (κ1) is 19.2. The molecule has 1 aromatic rings. The molecule has 2 amide bonds. The molecule has 0 saturated carbocycles. The van der Waals surface area contributed by atoms with Gasteiger partial charge < -0.3 is 15.3 Å². The molecule has 0 aliphatic heterocycles. The Morgan fingerprint density at radius 1 is 1.35 bits per heavy atom. The maximum atomic E-state index is 14.1. The lowest BCUT2D eigenvalue weighted by Gasteiger charge is -2.27. The van der Waals surface area contributed by atoms with Crippen molar-refractivity contribution in [2.45, 2.75) is 26.8 Å². The van der Waals surface area contributed by atoms with Crippen molar-refractivity contribution in [2.75, 3.05) is 13.6 Å². The van der Waals surface area contributed by atoms with E-state index in [0.29, 0.717) is 5.56 Å². The van der Waals surface area contributed by atoms with Crippen LogP contribution in [-0.2, 0) is 4.79 Å². The fourth-order valence-electron chi connectivity index (χ4n) is 2.17. The van der Waals surface area contributed by atoms with Crippen LogP contribution in [0.3, 0.4) is 0 Å². The fourth-order valence-corrected chi connectivity index (χ4v) is 2.33. The maximum Gasteiger partial charge on any atom is 0.317 e. The number of nitrogens with zero attached hydrogens (tertiary/aromatic N) is 1. The number of rotatable bonds is 6. The highest BCUT2D eigenvalue weighted by Crippen LogP contribution is 2.26. The summed E-state index contributed by atoms with van der Waals surface area (Å²) in [5, 5.41) is 11.9. The number of aliphatic carboxylic acids is 1. The molecule has 7 heteroatoms. The first-order valence-electron chi connectivity index (χ1n) is 7.32. The Morgan fingerprint density at radius 2 is 1.96 bits per heavy atom. The highest BCUT2D eigenvalue weighted by Gasteiger charge is 2.24. The Kier molecular flexibility index (Phi) is 6.81. The largest absolute Gasteiger partial charge is 0.481 e. The van der Waals surface area contributed by atoms with Gasteiger partial charge in [-0.05, 0) is 18.1 Å². The predicted molar refractivity (Wildman–Crippen MR) is 87.0 cm³/mol. The summed E-state index contributed by atoms with van der Waals surface area (Å²) in [5.41, 5.74) is 0.345. The number of urea groups is 1. The van der Waals surface area contributed by atoms with Gasteiger partial charge in [0.2, 0.25) is 0 Å². The molecule has 1 aromatic carbocycles. The quantitative estimate of drug-likeness (QED) is 0.829. The minimum Gasteiger partial charge on any atom is -0.481 e. The van der Waals surface area contributed by atoms with Gasteiger partial charge in [-0.25, -0.2) is 9.18 Å². The van der Waals surface area contributed by atoms with Crippen molar-refractivity contribution in [3.63, 3.8) is 0 Å². The van der Waals surface area contributed by atoms with Crippen molar-refractivity contribution in [2.24, 2.45) is 11.8 Å². The van der Waals surface area contributed by atoms with Gasteiger partial charge in [0.1, 0.15) is 5.82 Å². The first-order chi connectivity index (χ1) is 10.6. The number of carbonyl (C=O) groups is 2. The molecule has 0 aromatic heterocycles. The standard InChI is InChI=1S/C16H22ClFN2O3/c1-9(2)14(12-6-5-11(17)7-13(12)18)19-16(23)20(4)8-10(3)15(21)22/h5-7,9-10,14H,8H2,1-4H3,(H,19,23)(H,21,22). The van der Waals surface area contributed by atoms with Crippen LogP contribution in [0.15, 0.2) is 18.2 Å². The Bertz CT molecular complexity index is 580. The number of hydrogen-bond donors (Lipinski definition) is 2. The molecule has 0 saturated heterocycles. The molecule has 2 unspecified atom stereocenters. The van der Waals surface area contributed by atoms with Crippen LogP contribution < -0.4 is 5.32 Å². The molecule has 0 bridgehead atoms. The van der Waals surface area contributed by atoms with Gasteiger partial charge in [-0.15, -0.1) is 0 Å². The van der Waals surface area contributed by atoms with Gasteiger partial charge in [0, 0.05) is 24.2 Å². The van der Waals surface area contributed by atoms with E-state index in [-0.39, 0.29) is 17.5 Å². The second kappa shape index (κ2) is 8.15. The summed E-state index contributed by atoms with van der Waals surface area (Å²) in [5.74, 6) is -2.21. The molecule has 0 aliphatic rings. The van der Waals surface area contributed by atoms with Crippen molar-refractivity contribution >= 4 is 23.6 Å². The van der Waals surface area contributed by atoms with Crippen LogP contribution in [0.2, 0.25) is 5.02 Å². The molecule has 2 atom stereocenters. The first-order valence-corrected chi connectivity index (χ1v) is 7.70. The summed E-state index contributed by atoms with van der Waals surface area (Å²) >= 11 is 5.75. The molecular weight excluding hydrogens is 323 g/mol. The minimum atomic E-state index is -0.978. The monoisotopic (exact) mass is 344 g/mol. The molecule has 0 radical (unpaired) electrons. The summed E-state index contributed by atoms with van der Waals surface area (Å²) in [6.45, 7) is 5.30. The Labute approximate surface area is 140 Å².